The van der Waals surface area contributed by atoms with Crippen LogP contribution in [-0.2, 0) is 11.3 Å². The molecule has 21 heavy (non-hydrogen) atoms. The molecule has 0 bridgehead atoms. The van der Waals surface area contributed by atoms with E-state index in [1.54, 1.807) is 6.07 Å². The number of nitrogens with zero attached hydrogens (tertiary/aromatic N) is 1. The lowest BCUT2D eigenvalue weighted by Crippen LogP contribution is -2.22. The summed E-state index contributed by atoms with van der Waals surface area (Å²) < 4.78 is 2.77. The van der Waals surface area contributed by atoms with Crippen LogP contribution in [0.15, 0.2) is 27.5 Å². The third-order valence-electron chi connectivity index (χ3n) is 3.22. The summed E-state index contributed by atoms with van der Waals surface area (Å²) in [6.07, 6.45) is 2.25. The third-order valence-corrected chi connectivity index (χ3v) is 4.03. The van der Waals surface area contributed by atoms with Gasteiger partial charge >= 0.3 is 5.97 Å². The number of hydrogen-bond donors (Lipinski definition) is 2. The van der Waals surface area contributed by atoms with E-state index in [1.807, 2.05) is 12.1 Å². The molecular weight excluding hydrogens is 356 g/mol. The average Bonchev–Trinajstić information content (AvgIpc) is 2.42. The molecule has 5 nitrogen and oxygen atoms in total. The molecule has 0 atom stereocenters. The molecule has 0 aliphatic rings. The van der Waals surface area contributed by atoms with E-state index in [2.05, 4.69) is 20.9 Å². The first-order chi connectivity index (χ1) is 9.99. The molecule has 112 valence electrons. The normalized spacial score (nSPS) is 10.9. The molecule has 0 unspecified atom stereocenters. The highest BCUT2D eigenvalue weighted by Crippen LogP contribution is 2.15. The standard InChI is InChI=1S/C14H15BrN2O3S/c15-9-5-6-11-10(8-9)13(20)17(14(21)16-11)7-3-1-2-4-12(18)19/h5-6,8H,1-4,7H2,(H,16,21)(H,18,19). The van der Waals surface area contributed by atoms with Gasteiger partial charge in [0, 0.05) is 17.4 Å². The number of carboxylic acid groups (broad SMARTS) is 1. The largest absolute Gasteiger partial charge is 0.481 e. The first kappa shape index (κ1) is 15.9. The zero-order chi connectivity index (χ0) is 15.4. The lowest BCUT2D eigenvalue weighted by atomic mass is 10.2. The van der Waals surface area contributed by atoms with Gasteiger partial charge in [-0.05, 0) is 43.3 Å². The van der Waals surface area contributed by atoms with Gasteiger partial charge in [0.25, 0.3) is 5.56 Å². The number of carbonyl (C=O) groups is 1. The monoisotopic (exact) mass is 370 g/mol. The molecule has 0 aliphatic carbocycles. The minimum Gasteiger partial charge on any atom is -0.481 e. The molecule has 0 amide bonds. The highest BCUT2D eigenvalue weighted by molar-refractivity contribution is 9.10. The summed E-state index contributed by atoms with van der Waals surface area (Å²) in [5.41, 5.74) is 0.601. The fraction of sp³-hybridized carbons (Fsp3) is 0.357. The zero-order valence-electron chi connectivity index (χ0n) is 11.3. The number of halogens is 1. The van der Waals surface area contributed by atoms with E-state index in [4.69, 9.17) is 17.3 Å². The van der Waals surface area contributed by atoms with E-state index in [-0.39, 0.29) is 12.0 Å². The summed E-state index contributed by atoms with van der Waals surface area (Å²) in [6, 6.07) is 5.43. The molecule has 0 saturated heterocycles. The molecular formula is C14H15BrN2O3S. The van der Waals surface area contributed by atoms with Crippen molar-refractivity contribution in [1.29, 1.82) is 0 Å². The second-order valence-corrected chi connectivity index (χ2v) is 6.08. The predicted octanol–water partition coefficient (Wildman–Crippen LogP) is 3.47. The molecule has 1 heterocycles. The number of H-pyrrole nitrogens is 1. The van der Waals surface area contributed by atoms with Crippen molar-refractivity contribution >= 4 is 45.0 Å². The summed E-state index contributed by atoms with van der Waals surface area (Å²) in [4.78, 5) is 25.9. The summed E-state index contributed by atoms with van der Waals surface area (Å²) in [6.45, 7) is 0.496. The van der Waals surface area contributed by atoms with Crippen molar-refractivity contribution in [2.45, 2.75) is 32.2 Å². The van der Waals surface area contributed by atoms with E-state index < -0.39 is 5.97 Å². The van der Waals surface area contributed by atoms with Crippen LogP contribution in [0.1, 0.15) is 25.7 Å². The number of aromatic amines is 1. The third kappa shape index (κ3) is 4.01. The van der Waals surface area contributed by atoms with Crippen molar-refractivity contribution in [3.8, 4) is 0 Å². The van der Waals surface area contributed by atoms with Crippen LogP contribution >= 0.6 is 28.1 Å². The first-order valence-electron chi connectivity index (χ1n) is 6.63. The highest BCUT2D eigenvalue weighted by Gasteiger charge is 2.06. The van der Waals surface area contributed by atoms with Gasteiger partial charge < -0.3 is 10.1 Å². The molecule has 2 N–H and O–H groups in total. The predicted molar refractivity (Wildman–Crippen MR) is 87.2 cm³/mol. The van der Waals surface area contributed by atoms with Gasteiger partial charge in [0.05, 0.1) is 10.9 Å². The van der Waals surface area contributed by atoms with Gasteiger partial charge in [0.1, 0.15) is 0 Å². The number of fused-ring (bicyclic) bond motifs is 1. The van der Waals surface area contributed by atoms with Crippen LogP contribution in [0, 0.1) is 4.77 Å². The van der Waals surface area contributed by atoms with Crippen LogP contribution in [0.25, 0.3) is 10.9 Å². The Morgan fingerprint density at radius 3 is 2.81 bits per heavy atom. The van der Waals surface area contributed by atoms with Crippen molar-refractivity contribution in [3.63, 3.8) is 0 Å². The van der Waals surface area contributed by atoms with Gasteiger partial charge in [-0.3, -0.25) is 14.2 Å². The Kier molecular flexibility index (Phi) is 5.30. The van der Waals surface area contributed by atoms with Crippen LogP contribution < -0.4 is 5.56 Å². The van der Waals surface area contributed by atoms with Crippen molar-refractivity contribution < 1.29 is 9.90 Å². The van der Waals surface area contributed by atoms with Crippen molar-refractivity contribution in [2.75, 3.05) is 0 Å². The van der Waals surface area contributed by atoms with Gasteiger partial charge in [-0.1, -0.05) is 22.4 Å². The number of rotatable bonds is 6. The first-order valence-corrected chi connectivity index (χ1v) is 7.83. The van der Waals surface area contributed by atoms with Gasteiger partial charge in [0.15, 0.2) is 4.77 Å². The van der Waals surface area contributed by atoms with E-state index >= 15 is 0 Å². The van der Waals surface area contributed by atoms with Crippen molar-refractivity contribution in [1.82, 2.24) is 9.55 Å². The Labute approximate surface area is 134 Å². The Balaban J connectivity index is 2.18. The molecule has 2 aromatic rings. The van der Waals surface area contributed by atoms with Gasteiger partial charge in [0.2, 0.25) is 0 Å². The minimum atomic E-state index is -0.792. The molecule has 0 fully saturated rings. The van der Waals surface area contributed by atoms with Crippen LogP contribution in [-0.4, -0.2) is 20.6 Å². The number of nitrogens with one attached hydrogen (secondary N) is 1. The van der Waals surface area contributed by atoms with E-state index in [9.17, 15) is 9.59 Å². The summed E-state index contributed by atoms with van der Waals surface area (Å²) in [5.74, 6) is -0.792. The summed E-state index contributed by atoms with van der Waals surface area (Å²) in [5, 5.41) is 9.17. The zero-order valence-corrected chi connectivity index (χ0v) is 13.7. The molecule has 1 aromatic carbocycles. The van der Waals surface area contributed by atoms with Crippen molar-refractivity contribution in [2.24, 2.45) is 0 Å². The lowest BCUT2D eigenvalue weighted by Gasteiger charge is -2.08. The molecule has 0 aliphatic heterocycles. The molecule has 7 heteroatoms. The summed E-state index contributed by atoms with van der Waals surface area (Å²) in [7, 11) is 0. The Morgan fingerprint density at radius 2 is 2.10 bits per heavy atom. The van der Waals surface area contributed by atoms with E-state index in [0.29, 0.717) is 23.1 Å². The highest BCUT2D eigenvalue weighted by atomic mass is 79.9. The van der Waals surface area contributed by atoms with Crippen LogP contribution in [0.2, 0.25) is 0 Å². The number of unbranched alkanes of at least 4 members (excludes halogenated alkanes) is 2. The maximum Gasteiger partial charge on any atom is 0.303 e. The number of aromatic nitrogens is 2. The summed E-state index contributed by atoms with van der Waals surface area (Å²) >= 11 is 8.57. The Hall–Kier alpha value is -1.47. The average molecular weight is 371 g/mol. The molecule has 2 rings (SSSR count). The smallest absolute Gasteiger partial charge is 0.303 e. The minimum absolute atomic E-state index is 0.117. The maximum absolute atomic E-state index is 12.4. The molecule has 0 saturated carbocycles. The second kappa shape index (κ2) is 7.00. The number of carboxylic acids is 1. The van der Waals surface area contributed by atoms with Crippen LogP contribution in [0.4, 0.5) is 0 Å². The second-order valence-electron chi connectivity index (χ2n) is 4.78. The lowest BCUT2D eigenvalue weighted by molar-refractivity contribution is -0.137. The fourth-order valence-electron chi connectivity index (χ4n) is 2.15. The van der Waals surface area contributed by atoms with Crippen LogP contribution in [0.3, 0.4) is 0 Å². The van der Waals surface area contributed by atoms with Crippen molar-refractivity contribution in [3.05, 3.63) is 37.8 Å². The van der Waals surface area contributed by atoms with Crippen LogP contribution in [0.5, 0.6) is 0 Å². The molecule has 0 spiro atoms. The Bertz CT molecular complexity index is 782. The Morgan fingerprint density at radius 1 is 1.33 bits per heavy atom. The quantitative estimate of drug-likeness (QED) is 0.602. The van der Waals surface area contributed by atoms with Gasteiger partial charge in [-0.25, -0.2) is 0 Å². The fourth-order valence-corrected chi connectivity index (χ4v) is 2.79. The topological polar surface area (TPSA) is 75.1 Å². The number of hydrogen-bond acceptors (Lipinski definition) is 3. The van der Waals surface area contributed by atoms with E-state index in [0.717, 1.165) is 22.8 Å². The van der Waals surface area contributed by atoms with Gasteiger partial charge in [-0.2, -0.15) is 0 Å². The number of benzene rings is 1. The maximum atomic E-state index is 12.4. The van der Waals surface area contributed by atoms with Gasteiger partial charge in [-0.15, -0.1) is 0 Å². The molecule has 0 radical (unpaired) electrons. The SMILES string of the molecule is O=C(O)CCCCCn1c(=S)[nH]c2ccc(Br)cc2c1=O. The molecule has 1 aromatic heterocycles. The number of aliphatic carboxylic acids is 1. The van der Waals surface area contributed by atoms with E-state index in [1.165, 1.54) is 4.57 Å².